The van der Waals surface area contributed by atoms with Gasteiger partial charge in [-0.25, -0.2) is 0 Å². The van der Waals surface area contributed by atoms with Crippen LogP contribution in [0.25, 0.3) is 21.8 Å². The van der Waals surface area contributed by atoms with E-state index in [0.717, 1.165) is 39.7 Å². The molecule has 0 N–H and O–H groups in total. The van der Waals surface area contributed by atoms with Gasteiger partial charge in [-0.2, -0.15) is 0 Å². The number of carbonyl (C=O) groups is 1. The molecule has 2 heterocycles. The molecule has 3 heteroatoms. The van der Waals surface area contributed by atoms with Gasteiger partial charge in [-0.3, -0.25) is 4.79 Å². The standard InChI is InChI=1S/C16H13NO2/c1-19-14-7-3-6-12-15(14)11-5-2-4-10-13(18)8-9-17(12)16(10)11/h2-7H,8-9H2,1H3. The van der Waals surface area contributed by atoms with Gasteiger partial charge in [-0.1, -0.05) is 18.2 Å². The highest BCUT2D eigenvalue weighted by atomic mass is 16.5. The molecule has 2 aromatic carbocycles. The van der Waals surface area contributed by atoms with Crippen LogP contribution >= 0.6 is 0 Å². The van der Waals surface area contributed by atoms with Crippen molar-refractivity contribution in [2.75, 3.05) is 7.11 Å². The summed E-state index contributed by atoms with van der Waals surface area (Å²) in [5.41, 5.74) is 3.04. The predicted molar refractivity (Wildman–Crippen MR) is 74.9 cm³/mol. The molecule has 0 atom stereocenters. The SMILES string of the molecule is COc1cccc2c1c1cccc3c1n2CCC3=O. The van der Waals surface area contributed by atoms with Crippen molar-refractivity contribution in [2.45, 2.75) is 13.0 Å². The van der Waals surface area contributed by atoms with E-state index in [0.29, 0.717) is 6.42 Å². The average molecular weight is 251 g/mol. The molecule has 0 aliphatic carbocycles. The van der Waals surface area contributed by atoms with Crippen molar-refractivity contribution < 1.29 is 9.53 Å². The monoisotopic (exact) mass is 251 g/mol. The number of Topliss-reactive ketones (excluding diaryl/α,β-unsaturated/α-hetero) is 1. The molecule has 94 valence electrons. The molecule has 1 aromatic heterocycles. The van der Waals surface area contributed by atoms with E-state index >= 15 is 0 Å². The van der Waals surface area contributed by atoms with Gasteiger partial charge in [0.1, 0.15) is 5.75 Å². The van der Waals surface area contributed by atoms with Crippen molar-refractivity contribution in [1.82, 2.24) is 4.57 Å². The van der Waals surface area contributed by atoms with Gasteiger partial charge in [0.05, 0.1) is 18.1 Å². The number of para-hydroxylation sites is 1. The maximum atomic E-state index is 12.1. The molecule has 3 nitrogen and oxygen atoms in total. The molecule has 0 radical (unpaired) electrons. The fraction of sp³-hybridized carbons (Fsp3) is 0.188. The van der Waals surface area contributed by atoms with Gasteiger partial charge in [0.15, 0.2) is 5.78 Å². The first-order chi connectivity index (χ1) is 9.31. The molecule has 0 saturated heterocycles. The number of benzene rings is 2. The number of aryl methyl sites for hydroxylation is 1. The molecule has 0 fully saturated rings. The summed E-state index contributed by atoms with van der Waals surface area (Å²) in [6.07, 6.45) is 0.576. The number of methoxy groups -OCH3 is 1. The number of rotatable bonds is 1. The van der Waals surface area contributed by atoms with Crippen molar-refractivity contribution in [3.05, 3.63) is 42.0 Å². The fourth-order valence-electron chi connectivity index (χ4n) is 3.15. The van der Waals surface area contributed by atoms with E-state index in [9.17, 15) is 4.79 Å². The topological polar surface area (TPSA) is 31.2 Å². The van der Waals surface area contributed by atoms with Crippen molar-refractivity contribution in [3.8, 4) is 5.75 Å². The normalized spacial score (nSPS) is 14.3. The first-order valence-electron chi connectivity index (χ1n) is 6.42. The molecule has 0 saturated carbocycles. The van der Waals surface area contributed by atoms with Crippen molar-refractivity contribution in [1.29, 1.82) is 0 Å². The lowest BCUT2D eigenvalue weighted by Crippen LogP contribution is -2.13. The third-order valence-electron chi connectivity index (χ3n) is 3.95. The second kappa shape index (κ2) is 3.60. The largest absolute Gasteiger partial charge is 0.496 e. The summed E-state index contributed by atoms with van der Waals surface area (Å²) < 4.78 is 7.72. The van der Waals surface area contributed by atoms with E-state index in [-0.39, 0.29) is 5.78 Å². The second-order valence-corrected chi connectivity index (χ2v) is 4.88. The molecule has 19 heavy (non-hydrogen) atoms. The van der Waals surface area contributed by atoms with Crippen LogP contribution in [0.3, 0.4) is 0 Å². The van der Waals surface area contributed by atoms with Crippen LogP contribution in [0.5, 0.6) is 5.75 Å². The van der Waals surface area contributed by atoms with E-state index < -0.39 is 0 Å². The van der Waals surface area contributed by atoms with Crippen molar-refractivity contribution in [2.24, 2.45) is 0 Å². The van der Waals surface area contributed by atoms with Crippen LogP contribution in [-0.2, 0) is 6.54 Å². The van der Waals surface area contributed by atoms with Gasteiger partial charge in [0.25, 0.3) is 0 Å². The Morgan fingerprint density at radius 3 is 2.84 bits per heavy atom. The lowest BCUT2D eigenvalue weighted by atomic mass is 10.0. The van der Waals surface area contributed by atoms with E-state index in [1.807, 2.05) is 24.3 Å². The number of aromatic nitrogens is 1. The minimum Gasteiger partial charge on any atom is -0.496 e. The number of carbonyl (C=O) groups excluding carboxylic acids is 1. The lowest BCUT2D eigenvalue weighted by molar-refractivity contribution is 0.0974. The molecule has 0 unspecified atom stereocenters. The maximum Gasteiger partial charge on any atom is 0.166 e. The average Bonchev–Trinajstić information content (AvgIpc) is 2.79. The zero-order chi connectivity index (χ0) is 13.0. The Kier molecular flexibility index (Phi) is 2.01. The summed E-state index contributed by atoms with van der Waals surface area (Å²) in [6.45, 7) is 0.753. The van der Waals surface area contributed by atoms with Gasteiger partial charge in [0, 0.05) is 29.3 Å². The molecule has 0 spiro atoms. The Morgan fingerprint density at radius 2 is 2.00 bits per heavy atom. The number of hydrogen-bond donors (Lipinski definition) is 0. The molecule has 3 aromatic rings. The van der Waals surface area contributed by atoms with Gasteiger partial charge in [-0.05, 0) is 18.2 Å². The molecule has 1 aliphatic rings. The molecule has 0 bridgehead atoms. The quantitative estimate of drug-likeness (QED) is 0.663. The summed E-state index contributed by atoms with van der Waals surface area (Å²) in [4.78, 5) is 12.1. The molecular formula is C16H13NO2. The van der Waals surface area contributed by atoms with E-state index in [1.165, 1.54) is 0 Å². The Bertz CT molecular complexity index is 829. The second-order valence-electron chi connectivity index (χ2n) is 4.88. The third-order valence-corrected chi connectivity index (χ3v) is 3.95. The Morgan fingerprint density at radius 1 is 1.16 bits per heavy atom. The van der Waals surface area contributed by atoms with Gasteiger partial charge in [-0.15, -0.1) is 0 Å². The van der Waals surface area contributed by atoms with E-state index in [1.54, 1.807) is 7.11 Å². The third kappa shape index (κ3) is 1.24. The first-order valence-corrected chi connectivity index (χ1v) is 6.42. The number of hydrogen-bond acceptors (Lipinski definition) is 2. The van der Waals surface area contributed by atoms with Crippen LogP contribution < -0.4 is 4.74 Å². The van der Waals surface area contributed by atoms with E-state index in [2.05, 4.69) is 16.7 Å². The maximum absolute atomic E-state index is 12.1. The number of fused-ring (bicyclic) bond motifs is 3. The highest BCUT2D eigenvalue weighted by molar-refractivity contribution is 6.18. The van der Waals surface area contributed by atoms with Crippen LogP contribution in [0.2, 0.25) is 0 Å². The Balaban J connectivity index is 2.31. The number of nitrogens with zero attached hydrogens (tertiary/aromatic N) is 1. The molecular weight excluding hydrogens is 238 g/mol. The van der Waals surface area contributed by atoms with Crippen LogP contribution in [0.15, 0.2) is 36.4 Å². The van der Waals surface area contributed by atoms with Crippen molar-refractivity contribution >= 4 is 27.6 Å². The van der Waals surface area contributed by atoms with Gasteiger partial charge in [0.2, 0.25) is 0 Å². The van der Waals surface area contributed by atoms with Gasteiger partial charge >= 0.3 is 0 Å². The number of ketones is 1. The highest BCUT2D eigenvalue weighted by Crippen LogP contribution is 2.38. The number of ether oxygens (including phenoxy) is 1. The molecule has 0 amide bonds. The summed E-state index contributed by atoms with van der Waals surface area (Å²) >= 11 is 0. The lowest BCUT2D eigenvalue weighted by Gasteiger charge is -2.15. The van der Waals surface area contributed by atoms with Crippen LogP contribution in [0, 0.1) is 0 Å². The zero-order valence-corrected chi connectivity index (χ0v) is 10.6. The minimum atomic E-state index is 0.236. The first kappa shape index (κ1) is 10.6. The Hall–Kier alpha value is -2.29. The van der Waals surface area contributed by atoms with Crippen LogP contribution in [0.4, 0.5) is 0 Å². The summed E-state index contributed by atoms with van der Waals surface area (Å²) in [5.74, 6) is 1.10. The van der Waals surface area contributed by atoms with Crippen LogP contribution in [-0.4, -0.2) is 17.5 Å². The summed E-state index contributed by atoms with van der Waals surface area (Å²) in [7, 11) is 1.69. The van der Waals surface area contributed by atoms with Crippen molar-refractivity contribution in [3.63, 3.8) is 0 Å². The Labute approximate surface area is 110 Å². The minimum absolute atomic E-state index is 0.236. The van der Waals surface area contributed by atoms with Gasteiger partial charge < -0.3 is 9.30 Å². The summed E-state index contributed by atoms with van der Waals surface area (Å²) in [5, 5.41) is 2.22. The van der Waals surface area contributed by atoms with E-state index in [4.69, 9.17) is 4.74 Å². The predicted octanol–water partition coefficient (Wildman–Crippen LogP) is 3.39. The van der Waals surface area contributed by atoms with Crippen LogP contribution in [0.1, 0.15) is 16.8 Å². The fourth-order valence-corrected chi connectivity index (χ4v) is 3.15. The molecule has 4 rings (SSSR count). The molecule has 1 aliphatic heterocycles. The highest BCUT2D eigenvalue weighted by Gasteiger charge is 2.23. The zero-order valence-electron chi connectivity index (χ0n) is 10.6. The smallest absolute Gasteiger partial charge is 0.166 e. The summed E-state index contributed by atoms with van der Waals surface area (Å²) in [6, 6.07) is 12.0.